The van der Waals surface area contributed by atoms with E-state index in [9.17, 15) is 8.42 Å². The first kappa shape index (κ1) is 22.6. The van der Waals surface area contributed by atoms with Gasteiger partial charge in [0.1, 0.15) is 0 Å². The SMILES string of the molecule is CC(C)S(=O)(=O)OC(C)(C)CN(C)CCC(c1ccccc1)c1ccccc1. The van der Waals surface area contributed by atoms with Crippen molar-refractivity contribution in [3.63, 3.8) is 0 Å². The summed E-state index contributed by atoms with van der Waals surface area (Å²) < 4.78 is 29.7. The molecule has 0 aliphatic rings. The molecule has 0 N–H and O–H groups in total. The van der Waals surface area contributed by atoms with E-state index in [1.165, 1.54) is 11.1 Å². The van der Waals surface area contributed by atoms with Gasteiger partial charge in [0.2, 0.25) is 0 Å². The highest BCUT2D eigenvalue weighted by Crippen LogP contribution is 2.28. The predicted octanol–water partition coefficient (Wildman–Crippen LogP) is 4.67. The third-order valence-electron chi connectivity index (χ3n) is 4.77. The Morgan fingerprint density at radius 3 is 1.82 bits per heavy atom. The highest BCUT2D eigenvalue weighted by atomic mass is 32.2. The van der Waals surface area contributed by atoms with E-state index in [1.807, 2.05) is 33.0 Å². The molecular weight excluding hydrogens is 370 g/mol. The van der Waals surface area contributed by atoms with Crippen LogP contribution >= 0.6 is 0 Å². The van der Waals surface area contributed by atoms with Gasteiger partial charge in [-0.2, -0.15) is 8.42 Å². The highest BCUT2D eigenvalue weighted by molar-refractivity contribution is 7.87. The third kappa shape index (κ3) is 6.73. The Balaban J connectivity index is 2.05. The first-order chi connectivity index (χ1) is 13.1. The van der Waals surface area contributed by atoms with Crippen LogP contribution in [0.2, 0.25) is 0 Å². The number of benzene rings is 2. The molecule has 0 amide bonds. The number of rotatable bonds is 10. The second-order valence-corrected chi connectivity index (χ2v) is 10.4. The van der Waals surface area contributed by atoms with Crippen molar-refractivity contribution in [1.82, 2.24) is 4.90 Å². The van der Waals surface area contributed by atoms with Gasteiger partial charge in [0, 0.05) is 12.5 Å². The Morgan fingerprint density at radius 2 is 1.39 bits per heavy atom. The zero-order valence-corrected chi connectivity index (χ0v) is 18.4. The molecule has 0 aliphatic carbocycles. The largest absolute Gasteiger partial charge is 0.303 e. The molecule has 0 heterocycles. The summed E-state index contributed by atoms with van der Waals surface area (Å²) in [5.41, 5.74) is 1.81. The van der Waals surface area contributed by atoms with E-state index >= 15 is 0 Å². The monoisotopic (exact) mass is 403 g/mol. The Kier molecular flexibility index (Phi) is 7.81. The van der Waals surface area contributed by atoms with E-state index in [4.69, 9.17) is 4.18 Å². The van der Waals surface area contributed by atoms with Gasteiger partial charge < -0.3 is 4.90 Å². The molecule has 4 nitrogen and oxygen atoms in total. The van der Waals surface area contributed by atoms with Crippen molar-refractivity contribution in [2.45, 2.75) is 50.9 Å². The maximum atomic E-state index is 12.1. The summed E-state index contributed by atoms with van der Waals surface area (Å²) in [6, 6.07) is 21.0. The molecular formula is C23H33NO3S. The van der Waals surface area contributed by atoms with Crippen molar-refractivity contribution in [3.05, 3.63) is 71.8 Å². The second-order valence-electron chi connectivity index (χ2n) is 8.28. The topological polar surface area (TPSA) is 46.6 Å². The molecule has 0 spiro atoms. The van der Waals surface area contributed by atoms with Crippen molar-refractivity contribution >= 4 is 10.1 Å². The molecule has 154 valence electrons. The minimum atomic E-state index is -3.55. The first-order valence-corrected chi connectivity index (χ1v) is 11.3. The fraction of sp³-hybridized carbons (Fsp3) is 0.478. The van der Waals surface area contributed by atoms with E-state index in [-0.39, 0.29) is 0 Å². The summed E-state index contributed by atoms with van der Waals surface area (Å²) >= 11 is 0. The third-order valence-corrected chi connectivity index (χ3v) is 6.61. The van der Waals surface area contributed by atoms with Crippen LogP contribution in [0.3, 0.4) is 0 Å². The maximum absolute atomic E-state index is 12.1. The van der Waals surface area contributed by atoms with E-state index in [0.717, 1.165) is 13.0 Å². The lowest BCUT2D eigenvalue weighted by atomic mass is 9.88. The summed E-state index contributed by atoms with van der Waals surface area (Å²) in [6.07, 6.45) is 0.942. The lowest BCUT2D eigenvalue weighted by Crippen LogP contribution is -2.42. The van der Waals surface area contributed by atoms with Crippen molar-refractivity contribution in [2.24, 2.45) is 0 Å². The van der Waals surface area contributed by atoms with E-state index in [2.05, 4.69) is 53.4 Å². The normalized spacial score (nSPS) is 12.9. The number of likely N-dealkylation sites (N-methyl/N-ethyl adjacent to an activating group) is 1. The van der Waals surface area contributed by atoms with Gasteiger partial charge in [-0.3, -0.25) is 4.18 Å². The summed E-state index contributed by atoms with van der Waals surface area (Å²) in [5.74, 6) is 0.299. The van der Waals surface area contributed by atoms with Gasteiger partial charge in [0.15, 0.2) is 0 Å². The Labute approximate surface area is 170 Å². The molecule has 0 saturated heterocycles. The highest BCUT2D eigenvalue weighted by Gasteiger charge is 2.30. The standard InChI is InChI=1S/C23H33NO3S/c1-19(2)28(25,26)27-23(3,4)18-24(5)17-16-22(20-12-8-6-9-13-20)21-14-10-7-11-15-21/h6-15,19,22H,16-18H2,1-5H3. The molecule has 0 fully saturated rings. The van der Waals surface area contributed by atoms with Crippen LogP contribution in [0.15, 0.2) is 60.7 Å². The van der Waals surface area contributed by atoms with E-state index in [1.54, 1.807) is 13.8 Å². The zero-order chi connectivity index (χ0) is 20.8. The molecule has 5 heteroatoms. The molecule has 0 unspecified atom stereocenters. The molecule has 0 bridgehead atoms. The van der Waals surface area contributed by atoms with Crippen LogP contribution in [0.1, 0.15) is 51.2 Å². The Bertz CT molecular complexity index is 778. The predicted molar refractivity (Wildman–Crippen MR) is 116 cm³/mol. The molecule has 0 atom stereocenters. The summed E-state index contributed by atoms with van der Waals surface area (Å²) in [5, 5.41) is -0.544. The van der Waals surface area contributed by atoms with E-state index in [0.29, 0.717) is 12.5 Å². The van der Waals surface area contributed by atoms with E-state index < -0.39 is 21.0 Å². The maximum Gasteiger partial charge on any atom is 0.270 e. The van der Waals surface area contributed by atoms with Gasteiger partial charge in [-0.25, -0.2) is 0 Å². The van der Waals surface area contributed by atoms with Gasteiger partial charge in [0.05, 0.1) is 10.9 Å². The molecule has 2 rings (SSSR count). The van der Waals surface area contributed by atoms with Crippen LogP contribution in [0.5, 0.6) is 0 Å². The number of nitrogens with zero attached hydrogens (tertiary/aromatic N) is 1. The lowest BCUT2D eigenvalue weighted by Gasteiger charge is -2.31. The van der Waals surface area contributed by atoms with Crippen LogP contribution in [0.25, 0.3) is 0 Å². The molecule has 0 aromatic heterocycles. The van der Waals surface area contributed by atoms with Crippen LogP contribution < -0.4 is 0 Å². The Morgan fingerprint density at radius 1 is 0.929 bits per heavy atom. The average molecular weight is 404 g/mol. The Hall–Kier alpha value is -1.69. The summed E-state index contributed by atoms with van der Waals surface area (Å²) in [7, 11) is -1.53. The van der Waals surface area contributed by atoms with Gasteiger partial charge in [-0.05, 0) is 58.8 Å². The van der Waals surface area contributed by atoms with Gasteiger partial charge in [0.25, 0.3) is 10.1 Å². The van der Waals surface area contributed by atoms with Gasteiger partial charge in [-0.15, -0.1) is 0 Å². The van der Waals surface area contributed by atoms with Crippen molar-refractivity contribution < 1.29 is 12.6 Å². The second kappa shape index (κ2) is 9.68. The molecule has 0 aliphatic heterocycles. The van der Waals surface area contributed by atoms with Gasteiger partial charge in [-0.1, -0.05) is 60.7 Å². The van der Waals surface area contributed by atoms with Crippen LogP contribution in [-0.4, -0.2) is 44.3 Å². The molecule has 2 aromatic carbocycles. The fourth-order valence-corrected chi connectivity index (χ4v) is 4.29. The van der Waals surface area contributed by atoms with Gasteiger partial charge >= 0.3 is 0 Å². The van der Waals surface area contributed by atoms with Crippen molar-refractivity contribution in [1.29, 1.82) is 0 Å². The van der Waals surface area contributed by atoms with Crippen LogP contribution in [0, 0.1) is 0 Å². The lowest BCUT2D eigenvalue weighted by molar-refractivity contribution is 0.0741. The number of hydrogen-bond donors (Lipinski definition) is 0. The zero-order valence-electron chi connectivity index (χ0n) is 17.6. The van der Waals surface area contributed by atoms with Crippen LogP contribution in [0.4, 0.5) is 0 Å². The van der Waals surface area contributed by atoms with Crippen LogP contribution in [-0.2, 0) is 14.3 Å². The molecule has 28 heavy (non-hydrogen) atoms. The molecule has 2 aromatic rings. The first-order valence-electron chi connectivity index (χ1n) is 9.83. The summed E-state index contributed by atoms with van der Waals surface area (Å²) in [4.78, 5) is 2.15. The minimum Gasteiger partial charge on any atom is -0.303 e. The summed E-state index contributed by atoms with van der Waals surface area (Å²) in [6.45, 7) is 8.31. The smallest absolute Gasteiger partial charge is 0.270 e. The molecule has 0 radical (unpaired) electrons. The minimum absolute atomic E-state index is 0.299. The molecule has 0 saturated carbocycles. The van der Waals surface area contributed by atoms with Crippen molar-refractivity contribution in [3.8, 4) is 0 Å². The fourth-order valence-electron chi connectivity index (χ4n) is 3.41. The quantitative estimate of drug-likeness (QED) is 0.541. The average Bonchev–Trinajstić information content (AvgIpc) is 2.62. The van der Waals surface area contributed by atoms with Crippen molar-refractivity contribution in [2.75, 3.05) is 20.1 Å². The number of hydrogen-bond acceptors (Lipinski definition) is 4.